The summed E-state index contributed by atoms with van der Waals surface area (Å²) >= 11 is 7.80. The summed E-state index contributed by atoms with van der Waals surface area (Å²) in [6, 6.07) is 9.67. The van der Waals surface area contributed by atoms with Gasteiger partial charge in [-0.05, 0) is 37.5 Å². The lowest BCUT2D eigenvalue weighted by atomic mass is 10.2. The van der Waals surface area contributed by atoms with E-state index >= 15 is 0 Å². The lowest BCUT2D eigenvalue weighted by molar-refractivity contribution is -0.142. The van der Waals surface area contributed by atoms with Gasteiger partial charge in [-0.3, -0.25) is 14.3 Å². The Morgan fingerprint density at radius 2 is 1.94 bits per heavy atom. The predicted octanol–water partition coefficient (Wildman–Crippen LogP) is 3.57. The molecule has 2 aromatic heterocycles. The van der Waals surface area contributed by atoms with E-state index < -0.39 is 0 Å². The molecule has 1 atom stereocenters. The number of nitrogens with zero attached hydrogens (tertiary/aromatic N) is 4. The van der Waals surface area contributed by atoms with Crippen LogP contribution in [0.4, 0.5) is 0 Å². The van der Waals surface area contributed by atoms with Gasteiger partial charge >= 0.3 is 0 Å². The topological polar surface area (TPSA) is 67.7 Å². The molecule has 2 fully saturated rings. The van der Waals surface area contributed by atoms with Crippen LogP contribution >= 0.6 is 22.9 Å². The van der Waals surface area contributed by atoms with Crippen molar-refractivity contribution in [3.05, 3.63) is 51.5 Å². The molecule has 0 N–H and O–H groups in total. The summed E-state index contributed by atoms with van der Waals surface area (Å²) < 4.78 is 7.44. The average Bonchev–Trinajstić information content (AvgIpc) is 3.54. The van der Waals surface area contributed by atoms with Crippen molar-refractivity contribution >= 4 is 45.0 Å². The van der Waals surface area contributed by atoms with E-state index in [1.54, 1.807) is 0 Å². The Morgan fingerprint density at radius 3 is 2.66 bits per heavy atom. The first kappa shape index (κ1) is 21.4. The van der Waals surface area contributed by atoms with E-state index in [0.29, 0.717) is 49.2 Å². The molecule has 2 amide bonds. The summed E-state index contributed by atoms with van der Waals surface area (Å²) in [7, 11) is 0. The molecule has 2 saturated heterocycles. The van der Waals surface area contributed by atoms with Gasteiger partial charge in [0.2, 0.25) is 0 Å². The molecule has 0 aliphatic carbocycles. The summed E-state index contributed by atoms with van der Waals surface area (Å²) in [5.74, 6) is 0.0749. The predicted molar refractivity (Wildman–Crippen MR) is 124 cm³/mol. The van der Waals surface area contributed by atoms with Gasteiger partial charge in [0.1, 0.15) is 10.9 Å². The second-order valence-electron chi connectivity index (χ2n) is 8.28. The summed E-state index contributed by atoms with van der Waals surface area (Å²) in [4.78, 5) is 31.1. The number of ether oxygens (including phenoxy) is 1. The fourth-order valence-corrected chi connectivity index (χ4v) is 5.70. The van der Waals surface area contributed by atoms with Gasteiger partial charge in [0.15, 0.2) is 0 Å². The summed E-state index contributed by atoms with van der Waals surface area (Å²) in [5.41, 5.74) is 1.89. The van der Waals surface area contributed by atoms with Crippen molar-refractivity contribution in [1.82, 2.24) is 19.6 Å². The third-order valence-corrected chi connectivity index (χ3v) is 7.68. The molecule has 168 valence electrons. The zero-order valence-corrected chi connectivity index (χ0v) is 19.5. The molecule has 0 spiro atoms. The number of hydrogen-bond donors (Lipinski definition) is 0. The van der Waals surface area contributed by atoms with Crippen molar-refractivity contribution in [1.29, 1.82) is 0 Å². The van der Waals surface area contributed by atoms with Crippen LogP contribution in [0.1, 0.15) is 33.8 Å². The highest BCUT2D eigenvalue weighted by Gasteiger charge is 2.32. The van der Waals surface area contributed by atoms with Gasteiger partial charge in [-0.15, -0.1) is 11.3 Å². The van der Waals surface area contributed by atoms with Crippen LogP contribution in [0, 0.1) is 6.92 Å². The van der Waals surface area contributed by atoms with Gasteiger partial charge in [0.05, 0.1) is 17.1 Å². The van der Waals surface area contributed by atoms with Crippen LogP contribution < -0.4 is 0 Å². The molecule has 2 aliphatic heterocycles. The third-order valence-electron chi connectivity index (χ3n) is 6.18. The molecule has 7 nitrogen and oxygen atoms in total. The van der Waals surface area contributed by atoms with Gasteiger partial charge in [0.25, 0.3) is 11.8 Å². The number of carbonyl (C=O) groups excluding carboxylic acids is 2. The van der Waals surface area contributed by atoms with Crippen molar-refractivity contribution < 1.29 is 14.3 Å². The maximum Gasteiger partial charge on any atom is 0.264 e. The monoisotopic (exact) mass is 472 g/mol. The standard InChI is InChI=1S/C23H25ClN4O3S/c1-15-17-13-20(32-23(17)28(25-15)14-16-5-2-3-6-18(16)24)22(30)27-10-8-26(9-11-27)21(29)19-7-4-12-31-19/h2-3,5-6,13,19H,4,7-12,14H2,1H3/t19-/m1/s1. The van der Waals surface area contributed by atoms with E-state index in [-0.39, 0.29) is 17.9 Å². The largest absolute Gasteiger partial charge is 0.368 e. The van der Waals surface area contributed by atoms with E-state index in [1.165, 1.54) is 11.3 Å². The zero-order valence-electron chi connectivity index (χ0n) is 17.9. The molecule has 0 saturated carbocycles. The Bertz CT molecular complexity index is 1160. The van der Waals surface area contributed by atoms with Crippen LogP contribution in [0.25, 0.3) is 10.2 Å². The van der Waals surface area contributed by atoms with Gasteiger partial charge in [-0.1, -0.05) is 29.8 Å². The van der Waals surface area contributed by atoms with Crippen LogP contribution in [0.3, 0.4) is 0 Å². The van der Waals surface area contributed by atoms with Crippen molar-refractivity contribution in [3.8, 4) is 0 Å². The minimum atomic E-state index is -0.302. The second kappa shape index (κ2) is 8.84. The molecule has 3 aromatic rings. The summed E-state index contributed by atoms with van der Waals surface area (Å²) in [5, 5.41) is 6.36. The smallest absolute Gasteiger partial charge is 0.264 e. The number of hydrogen-bond acceptors (Lipinski definition) is 5. The fraction of sp³-hybridized carbons (Fsp3) is 0.435. The van der Waals surface area contributed by atoms with E-state index in [0.717, 1.165) is 34.3 Å². The molecule has 5 rings (SSSR count). The van der Waals surface area contributed by atoms with Gasteiger partial charge in [-0.2, -0.15) is 5.10 Å². The molecule has 0 radical (unpaired) electrons. The molecule has 2 aliphatic rings. The van der Waals surface area contributed by atoms with Crippen LogP contribution in [0.15, 0.2) is 30.3 Å². The first-order valence-electron chi connectivity index (χ1n) is 10.9. The number of halogens is 1. The number of amides is 2. The maximum atomic E-state index is 13.2. The number of piperazine rings is 1. The molecule has 32 heavy (non-hydrogen) atoms. The molecule has 0 unspecified atom stereocenters. The number of aryl methyl sites for hydroxylation is 1. The van der Waals surface area contributed by atoms with E-state index in [2.05, 4.69) is 5.10 Å². The number of thiophene rings is 1. The summed E-state index contributed by atoms with van der Waals surface area (Å²) in [6.07, 6.45) is 1.43. The Kier molecular flexibility index (Phi) is 5.92. The number of fused-ring (bicyclic) bond motifs is 1. The van der Waals surface area contributed by atoms with Gasteiger partial charge < -0.3 is 14.5 Å². The number of rotatable bonds is 4. The maximum absolute atomic E-state index is 13.2. The number of carbonyl (C=O) groups is 2. The number of aromatic nitrogens is 2. The van der Waals surface area contributed by atoms with Crippen LogP contribution in [-0.2, 0) is 16.1 Å². The average molecular weight is 473 g/mol. The van der Waals surface area contributed by atoms with Crippen LogP contribution in [0.2, 0.25) is 5.02 Å². The molecule has 0 bridgehead atoms. The van der Waals surface area contributed by atoms with Gasteiger partial charge in [-0.25, -0.2) is 0 Å². The number of benzene rings is 1. The Balaban J connectivity index is 1.29. The SMILES string of the molecule is Cc1nn(Cc2ccccc2Cl)c2sc(C(=O)N3CCN(C(=O)[C@H]4CCCO4)CC3)cc12. The quantitative estimate of drug-likeness (QED) is 0.582. The molecule has 9 heteroatoms. The second-order valence-corrected chi connectivity index (χ2v) is 9.72. The minimum absolute atomic E-state index is 0.0131. The zero-order chi connectivity index (χ0) is 22.2. The van der Waals surface area contributed by atoms with Crippen molar-refractivity contribution in [2.45, 2.75) is 32.4 Å². The van der Waals surface area contributed by atoms with Crippen molar-refractivity contribution in [2.24, 2.45) is 0 Å². The Labute approximate surface area is 195 Å². The van der Waals surface area contributed by atoms with Crippen LogP contribution in [-0.4, -0.2) is 70.3 Å². The van der Waals surface area contributed by atoms with E-state index in [1.807, 2.05) is 51.7 Å². The molecular formula is C23H25ClN4O3S. The van der Waals surface area contributed by atoms with Crippen LogP contribution in [0.5, 0.6) is 0 Å². The Morgan fingerprint density at radius 1 is 1.19 bits per heavy atom. The van der Waals surface area contributed by atoms with Gasteiger partial charge in [0, 0.05) is 43.2 Å². The van der Waals surface area contributed by atoms with E-state index in [4.69, 9.17) is 16.3 Å². The molecule has 1 aromatic carbocycles. The summed E-state index contributed by atoms with van der Waals surface area (Å²) in [6.45, 7) is 5.36. The molecular weight excluding hydrogens is 448 g/mol. The highest BCUT2D eigenvalue weighted by atomic mass is 35.5. The normalized spacial score (nSPS) is 19.1. The Hall–Kier alpha value is -2.42. The highest BCUT2D eigenvalue weighted by Crippen LogP contribution is 2.30. The van der Waals surface area contributed by atoms with Crippen molar-refractivity contribution in [2.75, 3.05) is 32.8 Å². The minimum Gasteiger partial charge on any atom is -0.368 e. The first-order chi connectivity index (χ1) is 15.5. The third kappa shape index (κ3) is 4.02. The lowest BCUT2D eigenvalue weighted by Gasteiger charge is -2.35. The van der Waals surface area contributed by atoms with E-state index in [9.17, 15) is 9.59 Å². The van der Waals surface area contributed by atoms with Crippen molar-refractivity contribution in [3.63, 3.8) is 0 Å². The first-order valence-corrected chi connectivity index (χ1v) is 12.1. The highest BCUT2D eigenvalue weighted by molar-refractivity contribution is 7.20. The fourth-order valence-electron chi connectivity index (χ4n) is 4.38. The molecule has 4 heterocycles. The lowest BCUT2D eigenvalue weighted by Crippen LogP contribution is -2.52.